The quantitative estimate of drug-likeness (QED) is 0.0545. The van der Waals surface area contributed by atoms with Gasteiger partial charge in [0.05, 0.1) is 57.1 Å². The Morgan fingerprint density at radius 2 is 0.879 bits per heavy atom. The van der Waals surface area contributed by atoms with Gasteiger partial charge in [-0.3, -0.25) is 10.1 Å². The molecule has 6 aliphatic rings. The fourth-order valence-corrected chi connectivity index (χ4v) is 21.7. The van der Waals surface area contributed by atoms with Crippen LogP contribution < -0.4 is 51.0 Å². The average molecular weight is 2020 g/mol. The van der Waals surface area contributed by atoms with E-state index >= 15 is 0 Å². The van der Waals surface area contributed by atoms with E-state index in [1.54, 1.807) is 33.5 Å². The maximum Gasteiger partial charge on any atom is 0.416 e. The van der Waals surface area contributed by atoms with E-state index in [4.69, 9.17) is 60.6 Å². The molecule has 6 aromatic heterocycles. The van der Waals surface area contributed by atoms with Crippen LogP contribution in [-0.4, -0.2) is 126 Å². The summed E-state index contributed by atoms with van der Waals surface area (Å²) in [5, 5.41) is 40.1. The summed E-state index contributed by atoms with van der Waals surface area (Å²) in [6, 6.07) is 85.2. The van der Waals surface area contributed by atoms with Crippen LogP contribution in [0.2, 0.25) is 20.1 Å². The Hall–Kier alpha value is -13.0. The molecule has 140 heavy (non-hydrogen) atoms. The third-order valence-corrected chi connectivity index (χ3v) is 28.8. The fourth-order valence-electron chi connectivity index (χ4n) is 20.6. The van der Waals surface area contributed by atoms with Gasteiger partial charge in [-0.25, -0.2) is 4.79 Å². The van der Waals surface area contributed by atoms with Crippen molar-refractivity contribution in [3.05, 3.63) is 392 Å². The largest absolute Gasteiger partial charge is 0.497 e. The molecule has 0 bridgehead atoms. The highest BCUT2D eigenvalue weighted by Gasteiger charge is 2.39. The van der Waals surface area contributed by atoms with Gasteiger partial charge in [0.2, 0.25) is 0 Å². The number of benzene rings is 12. The average Bonchev–Trinajstić information content (AvgIpc) is 1.60. The molecule has 20 nitrogen and oxygen atoms in total. The minimum absolute atomic E-state index is 0.105. The molecule has 716 valence electrons. The van der Waals surface area contributed by atoms with Crippen LogP contribution in [0.4, 0.5) is 29.3 Å². The number of nitrogens with one attached hydrogen (secondary N) is 12. The molecular weight excluding hydrogens is 1920 g/mol. The molecule has 0 radical (unpaired) electrons. The summed E-state index contributed by atoms with van der Waals surface area (Å²) >= 11 is 28.0. The van der Waals surface area contributed by atoms with Crippen LogP contribution in [0.1, 0.15) is 151 Å². The first-order valence-corrected chi connectivity index (χ1v) is 49.2. The number of anilines is 2. The van der Waals surface area contributed by atoms with Gasteiger partial charge in [-0.05, 0) is 264 Å². The van der Waals surface area contributed by atoms with Crippen molar-refractivity contribution in [3.8, 4) is 17.2 Å². The number of carboxylic acid groups (broad SMARTS) is 1. The number of amides is 2. The molecule has 7 unspecified atom stereocenters. The molecule has 28 heteroatoms. The number of H-pyrrole nitrogens is 6. The van der Waals surface area contributed by atoms with Gasteiger partial charge in [0.25, 0.3) is 0 Å². The van der Waals surface area contributed by atoms with Gasteiger partial charge in [0.15, 0.2) is 0 Å². The number of alkyl halides is 3. The van der Waals surface area contributed by atoms with Crippen molar-refractivity contribution in [1.29, 1.82) is 0 Å². The molecule has 0 saturated heterocycles. The molecular formula is C112H106BrCl4F3N14O6. The summed E-state index contributed by atoms with van der Waals surface area (Å²) in [5.74, 6) is 1.64. The molecule has 6 aliphatic heterocycles. The summed E-state index contributed by atoms with van der Waals surface area (Å²) in [4.78, 5) is 50.1. The highest BCUT2D eigenvalue weighted by molar-refractivity contribution is 9.10. The number of urea groups is 1. The highest BCUT2D eigenvalue weighted by Crippen LogP contribution is 2.45. The van der Waals surface area contributed by atoms with E-state index in [-0.39, 0.29) is 36.2 Å². The minimum Gasteiger partial charge on any atom is -0.497 e. The van der Waals surface area contributed by atoms with Crippen molar-refractivity contribution in [2.75, 3.05) is 78.4 Å². The zero-order valence-electron chi connectivity index (χ0n) is 77.8. The molecule has 18 aromatic rings. The van der Waals surface area contributed by atoms with E-state index in [1.165, 1.54) is 89.8 Å². The first-order chi connectivity index (χ1) is 67.9. The number of aromatic nitrogens is 6. The number of aromatic amines is 6. The van der Waals surface area contributed by atoms with E-state index < -0.39 is 23.8 Å². The Morgan fingerprint density at radius 1 is 0.436 bits per heavy atom. The Labute approximate surface area is 836 Å². The van der Waals surface area contributed by atoms with Crippen LogP contribution in [-0.2, 0) is 49.5 Å². The smallest absolute Gasteiger partial charge is 0.416 e. The molecule has 7 atom stereocenters. The zero-order valence-corrected chi connectivity index (χ0v) is 82.4. The first kappa shape index (κ1) is 95.9. The van der Waals surface area contributed by atoms with Crippen molar-refractivity contribution in [2.45, 2.75) is 100 Å². The van der Waals surface area contributed by atoms with Crippen LogP contribution in [0.5, 0.6) is 17.2 Å². The minimum atomic E-state index is -4.35. The molecule has 24 rings (SSSR count). The second-order valence-corrected chi connectivity index (χ2v) is 38.6. The van der Waals surface area contributed by atoms with Crippen molar-refractivity contribution in [3.63, 3.8) is 0 Å². The normalized spacial score (nSPS) is 17.8. The van der Waals surface area contributed by atoms with Crippen LogP contribution in [0.15, 0.2) is 271 Å². The zero-order chi connectivity index (χ0) is 97.1. The number of carbonyl (C=O) groups excluding carboxylic acids is 1. The summed E-state index contributed by atoms with van der Waals surface area (Å²) in [7, 11) is 9.13. The van der Waals surface area contributed by atoms with Crippen molar-refractivity contribution in [2.24, 2.45) is 0 Å². The Kier molecular flexibility index (Phi) is 28.7. The Morgan fingerprint density at radius 3 is 1.41 bits per heavy atom. The predicted molar refractivity (Wildman–Crippen MR) is 562 cm³/mol. The maximum absolute atomic E-state index is 13.3. The van der Waals surface area contributed by atoms with Gasteiger partial charge >= 0.3 is 18.2 Å². The predicted octanol–water partition coefficient (Wildman–Crippen LogP) is 25.7. The van der Waals surface area contributed by atoms with Gasteiger partial charge in [-0.2, -0.15) is 13.2 Å². The molecule has 12 aromatic carbocycles. The number of carboxylic acids is 1. The van der Waals surface area contributed by atoms with Crippen molar-refractivity contribution in [1.82, 2.24) is 61.4 Å². The van der Waals surface area contributed by atoms with Crippen LogP contribution in [0, 0.1) is 0 Å². The second kappa shape index (κ2) is 41.8. The fraction of sp³-hybridized carbons (Fsp3) is 0.232. The number of halogens is 8. The topological polar surface area (TPSA) is 255 Å². The molecule has 0 fully saturated rings. The van der Waals surface area contributed by atoms with E-state index in [9.17, 15) is 27.9 Å². The van der Waals surface area contributed by atoms with E-state index in [2.05, 4.69) is 189 Å². The summed E-state index contributed by atoms with van der Waals surface area (Å²) in [6.07, 6.45) is 1.97. The first-order valence-electron chi connectivity index (χ1n) is 46.9. The Bertz CT molecular complexity index is 7550. The maximum atomic E-state index is 13.3. The van der Waals surface area contributed by atoms with E-state index in [0.29, 0.717) is 36.1 Å². The number of hydrogen-bond acceptors (Lipinski definition) is 11. The number of methoxy groups -OCH3 is 3. The number of rotatable bonds is 12. The SMILES string of the molecule is CCC1NCCc2c1[nH]c1ccc(Cl)cc21.CN(C)c1ccc(C2NCCc3c2[nH]c2ccc(Cl)cc32)cc1.COc1ccc(C2NC(C(=O)O)Cc3c2[nH]c2ccc(Br)cc32)cc1.COc1ccc(C2c3[nH]c4ccccc4c3CCN2C(=O)Nc2ccccc2)cc1.COc1ccccc1C1NCCc2c1[nH]c1ccc(Cl)cc21.FC(F)(F)c1cccc(C2NCCc3c2[nH]c2ccc(Cl)cc32)c1. The lowest BCUT2D eigenvalue weighted by Gasteiger charge is -2.36. The molecule has 0 spiro atoms. The van der Waals surface area contributed by atoms with Crippen LogP contribution in [0.25, 0.3) is 65.4 Å². The second-order valence-electron chi connectivity index (χ2n) is 35.9. The van der Waals surface area contributed by atoms with Gasteiger partial charge in [-0.1, -0.05) is 172 Å². The van der Waals surface area contributed by atoms with E-state index in [1.807, 2.05) is 157 Å². The summed E-state index contributed by atoms with van der Waals surface area (Å²) in [5.41, 5.74) is 27.6. The summed E-state index contributed by atoms with van der Waals surface area (Å²) in [6.45, 7) is 6.54. The summed E-state index contributed by atoms with van der Waals surface area (Å²) < 4.78 is 56.1. The van der Waals surface area contributed by atoms with Gasteiger partial charge in [0.1, 0.15) is 23.3 Å². The van der Waals surface area contributed by atoms with Gasteiger partial charge in [0, 0.05) is 194 Å². The lowest BCUT2D eigenvalue weighted by Crippen LogP contribution is -2.44. The lowest BCUT2D eigenvalue weighted by atomic mass is 9.90. The standard InChI is InChI=1S/C25H23N3O2.C19H17BrN2O3.C19H20ClN3.C18H14ClF3N2.C18H17ClN2O.C13H15ClN2/c1-30-19-13-11-17(12-14-19)24-23-21(20-9-5-6-10-22(20)27-23)15-16-28(24)25(29)26-18-7-3-2-4-8-18;1-25-12-5-2-10(3-6-12)17-18-14(9-16(22-17)19(23)24)13-8-11(20)4-7-15(13)21-18;1-23(2)14-6-3-12(4-7-14)18-19-15(9-10-21-18)16-11-13(20)5-8-17(16)22-19;19-12-4-5-15-14(9-12)13-6-7-23-16(17(13)24-15)10-2-1-3-11(8-10)18(20,21)22;1-22-16-5-3-2-4-13(16)17-18-12(8-9-20-17)14-10-11(19)6-7-15(14)21-18;1-2-11-13-9(5-6-15-11)10-7-8(14)3-4-12(10)16-13/h2-14,24,27H,15-16H2,1H3,(H,26,29);2-8,16-17,21-22H,9H2,1H3,(H,23,24);3-8,11,18,21-22H,9-10H2,1-2H3;1-5,8-9,16,23-24H,6-7H2;2-7,10,17,20-21H,8-9H2,1H3;3-4,7,11,15-16H,2,5-6H2,1H3. The van der Waals surface area contributed by atoms with Crippen molar-refractivity contribution < 1.29 is 42.1 Å². The molecule has 0 aliphatic carbocycles. The number of para-hydroxylation sites is 3. The Balaban J connectivity index is 0.000000108. The van der Waals surface area contributed by atoms with Crippen LogP contribution >= 0.6 is 62.3 Å². The number of ether oxygens (including phenoxy) is 3. The number of aliphatic carboxylic acids is 1. The number of nitrogens with zero attached hydrogens (tertiary/aromatic N) is 2. The van der Waals surface area contributed by atoms with Gasteiger partial charge < -0.3 is 85.6 Å². The molecule has 0 saturated carbocycles. The monoisotopic (exact) mass is 2020 g/mol. The van der Waals surface area contributed by atoms with Gasteiger partial charge in [-0.15, -0.1) is 0 Å². The van der Waals surface area contributed by atoms with Crippen molar-refractivity contribution >= 4 is 151 Å². The third kappa shape index (κ3) is 20.1. The third-order valence-electron chi connectivity index (χ3n) is 27.4. The number of carbonyl (C=O) groups is 2. The van der Waals surface area contributed by atoms with E-state index in [0.717, 1.165) is 190 Å². The molecule has 13 N–H and O–H groups in total. The number of hydrogen-bond donors (Lipinski definition) is 13. The lowest BCUT2D eigenvalue weighted by molar-refractivity contribution is -0.140. The van der Waals surface area contributed by atoms with Crippen LogP contribution in [0.3, 0.4) is 0 Å². The highest BCUT2D eigenvalue weighted by atomic mass is 79.9. The number of fused-ring (bicyclic) bond motifs is 18. The molecule has 2 amide bonds. The molecule has 12 heterocycles.